The molecule has 0 aliphatic carbocycles. The number of fused-ring (bicyclic) bond motifs is 1. The first-order chi connectivity index (χ1) is 11.3. The molecule has 0 aliphatic rings. The van der Waals surface area contributed by atoms with E-state index in [1.165, 1.54) is 11.8 Å². The Hall–Kier alpha value is -1.79. The van der Waals surface area contributed by atoms with Gasteiger partial charge in [0.15, 0.2) is 5.16 Å². The quantitative estimate of drug-likeness (QED) is 0.484. The van der Waals surface area contributed by atoms with Crippen LogP contribution in [0.2, 0.25) is 5.02 Å². The zero-order valence-corrected chi connectivity index (χ0v) is 15.4. The number of rotatable bonds is 6. The summed E-state index contributed by atoms with van der Waals surface area (Å²) in [4.78, 5) is 29.4. The van der Waals surface area contributed by atoms with Crippen molar-refractivity contribution in [1.29, 1.82) is 0 Å². The Balaban J connectivity index is 2.47. The lowest BCUT2D eigenvalue weighted by molar-refractivity contribution is -0.120. The van der Waals surface area contributed by atoms with Gasteiger partial charge in [0.25, 0.3) is 5.56 Å². The molecule has 1 N–H and O–H groups in total. The zero-order chi connectivity index (χ0) is 17.9. The first-order valence-electron chi connectivity index (χ1n) is 7.62. The molecule has 0 spiro atoms. The number of carbonyl (C=O) groups excluding carboxylic acids is 1. The number of benzene rings is 1. The topological polar surface area (TPSA) is 64.0 Å². The van der Waals surface area contributed by atoms with Crippen LogP contribution in [0.15, 0.2) is 40.8 Å². The molecule has 1 atom stereocenters. The second-order valence-corrected chi connectivity index (χ2v) is 7.36. The highest BCUT2D eigenvalue weighted by Crippen LogP contribution is 2.25. The standard InChI is InChI=1S/C17H20ClN3O2S/c1-5-8-19-15(22)11(4)24-17-20-14-9-12(18)6-7-13(14)16(23)21(17)10(2)3/h5-7,9-11H,1,8H2,2-4H3,(H,19,22)/t11-/m0/s1. The van der Waals surface area contributed by atoms with Gasteiger partial charge >= 0.3 is 0 Å². The second kappa shape index (κ2) is 7.85. The average molecular weight is 366 g/mol. The summed E-state index contributed by atoms with van der Waals surface area (Å²) in [7, 11) is 0. The number of amides is 1. The Morgan fingerprint density at radius 2 is 2.17 bits per heavy atom. The summed E-state index contributed by atoms with van der Waals surface area (Å²) >= 11 is 7.26. The Bertz CT molecular complexity index is 832. The first kappa shape index (κ1) is 18.5. The molecular formula is C17H20ClN3O2S. The summed E-state index contributed by atoms with van der Waals surface area (Å²) in [6.07, 6.45) is 1.62. The van der Waals surface area contributed by atoms with Gasteiger partial charge in [-0.1, -0.05) is 29.4 Å². The Labute approximate surface area is 150 Å². The van der Waals surface area contributed by atoms with Crippen LogP contribution in [0.1, 0.15) is 26.8 Å². The monoisotopic (exact) mass is 365 g/mol. The minimum Gasteiger partial charge on any atom is -0.352 e. The van der Waals surface area contributed by atoms with Crippen LogP contribution in [-0.4, -0.2) is 27.3 Å². The highest BCUT2D eigenvalue weighted by Gasteiger charge is 2.20. The summed E-state index contributed by atoms with van der Waals surface area (Å²) < 4.78 is 1.61. The molecule has 0 fully saturated rings. The fourth-order valence-corrected chi connectivity index (χ4v) is 3.45. The van der Waals surface area contributed by atoms with Crippen molar-refractivity contribution in [1.82, 2.24) is 14.9 Å². The number of thioether (sulfide) groups is 1. The molecular weight excluding hydrogens is 346 g/mol. The lowest BCUT2D eigenvalue weighted by Gasteiger charge is -2.18. The maximum atomic E-state index is 12.8. The van der Waals surface area contributed by atoms with E-state index in [-0.39, 0.29) is 17.5 Å². The third-order valence-electron chi connectivity index (χ3n) is 3.42. The van der Waals surface area contributed by atoms with Gasteiger partial charge in [0.1, 0.15) is 0 Å². The van der Waals surface area contributed by atoms with Crippen molar-refractivity contribution in [2.24, 2.45) is 0 Å². The molecule has 0 saturated heterocycles. The molecule has 0 saturated carbocycles. The van der Waals surface area contributed by atoms with Crippen molar-refractivity contribution in [3.63, 3.8) is 0 Å². The van der Waals surface area contributed by atoms with E-state index >= 15 is 0 Å². The van der Waals surface area contributed by atoms with Crippen LogP contribution >= 0.6 is 23.4 Å². The van der Waals surface area contributed by atoms with Crippen molar-refractivity contribution in [3.8, 4) is 0 Å². The third kappa shape index (κ3) is 3.99. The van der Waals surface area contributed by atoms with Crippen molar-refractivity contribution in [3.05, 3.63) is 46.2 Å². The van der Waals surface area contributed by atoms with Crippen LogP contribution in [0.25, 0.3) is 10.9 Å². The van der Waals surface area contributed by atoms with Crippen molar-refractivity contribution >= 4 is 40.2 Å². The summed E-state index contributed by atoms with van der Waals surface area (Å²) in [5.41, 5.74) is 0.401. The molecule has 7 heteroatoms. The summed E-state index contributed by atoms with van der Waals surface area (Å²) in [6, 6.07) is 4.95. The van der Waals surface area contributed by atoms with E-state index in [9.17, 15) is 9.59 Å². The Morgan fingerprint density at radius 3 is 2.79 bits per heavy atom. The highest BCUT2D eigenvalue weighted by molar-refractivity contribution is 8.00. The van der Waals surface area contributed by atoms with Gasteiger partial charge in [0.05, 0.1) is 16.2 Å². The summed E-state index contributed by atoms with van der Waals surface area (Å²) in [6.45, 7) is 9.59. The molecule has 1 heterocycles. The molecule has 1 aromatic heterocycles. The van der Waals surface area contributed by atoms with Gasteiger partial charge < -0.3 is 5.32 Å². The van der Waals surface area contributed by atoms with E-state index < -0.39 is 5.25 Å². The van der Waals surface area contributed by atoms with Gasteiger partial charge in [-0.25, -0.2) is 4.98 Å². The van der Waals surface area contributed by atoms with E-state index in [1.807, 2.05) is 13.8 Å². The number of nitrogens with zero attached hydrogens (tertiary/aromatic N) is 2. The molecule has 0 bridgehead atoms. The largest absolute Gasteiger partial charge is 0.352 e. The Morgan fingerprint density at radius 1 is 1.46 bits per heavy atom. The highest BCUT2D eigenvalue weighted by atomic mass is 35.5. The number of hydrogen-bond acceptors (Lipinski definition) is 4. The second-order valence-electron chi connectivity index (χ2n) is 5.62. The van der Waals surface area contributed by atoms with E-state index in [1.54, 1.807) is 35.8 Å². The molecule has 5 nitrogen and oxygen atoms in total. The molecule has 24 heavy (non-hydrogen) atoms. The molecule has 0 aliphatic heterocycles. The number of hydrogen-bond donors (Lipinski definition) is 1. The minimum atomic E-state index is -0.390. The van der Waals surface area contributed by atoms with E-state index in [0.29, 0.717) is 27.6 Å². The summed E-state index contributed by atoms with van der Waals surface area (Å²) in [5.74, 6) is -0.129. The average Bonchev–Trinajstić information content (AvgIpc) is 2.51. The van der Waals surface area contributed by atoms with Gasteiger partial charge in [0.2, 0.25) is 5.91 Å². The number of halogens is 1. The van der Waals surface area contributed by atoms with Crippen LogP contribution < -0.4 is 10.9 Å². The molecule has 1 aromatic carbocycles. The maximum Gasteiger partial charge on any atom is 0.262 e. The lowest BCUT2D eigenvalue weighted by atomic mass is 10.2. The fraction of sp³-hybridized carbons (Fsp3) is 0.353. The predicted molar refractivity (Wildman–Crippen MR) is 99.9 cm³/mol. The van der Waals surface area contributed by atoms with E-state index in [0.717, 1.165) is 0 Å². The SMILES string of the molecule is C=CCNC(=O)[C@H](C)Sc1nc2cc(Cl)ccc2c(=O)n1C(C)C. The number of nitrogens with one attached hydrogen (secondary N) is 1. The van der Waals surface area contributed by atoms with E-state index in [2.05, 4.69) is 16.9 Å². The van der Waals surface area contributed by atoms with Gasteiger partial charge in [-0.3, -0.25) is 14.2 Å². The lowest BCUT2D eigenvalue weighted by Crippen LogP contribution is -2.32. The van der Waals surface area contributed by atoms with Gasteiger partial charge in [-0.15, -0.1) is 6.58 Å². The summed E-state index contributed by atoms with van der Waals surface area (Å²) in [5, 5.41) is 3.90. The molecule has 0 radical (unpaired) electrons. The first-order valence-corrected chi connectivity index (χ1v) is 8.88. The van der Waals surface area contributed by atoms with Crippen molar-refractivity contribution in [2.75, 3.05) is 6.54 Å². The van der Waals surface area contributed by atoms with Crippen molar-refractivity contribution < 1.29 is 4.79 Å². The van der Waals surface area contributed by atoms with Crippen LogP contribution in [-0.2, 0) is 4.79 Å². The van der Waals surface area contributed by atoms with Gasteiger partial charge in [0, 0.05) is 17.6 Å². The fourth-order valence-electron chi connectivity index (χ4n) is 2.22. The smallest absolute Gasteiger partial charge is 0.262 e. The van der Waals surface area contributed by atoms with E-state index in [4.69, 9.17) is 11.6 Å². The van der Waals surface area contributed by atoms with Gasteiger partial charge in [-0.05, 0) is 39.0 Å². The van der Waals surface area contributed by atoms with Crippen LogP contribution in [0.5, 0.6) is 0 Å². The predicted octanol–water partition coefficient (Wildman–Crippen LogP) is 3.41. The van der Waals surface area contributed by atoms with Crippen LogP contribution in [0.4, 0.5) is 0 Å². The van der Waals surface area contributed by atoms with Crippen LogP contribution in [0.3, 0.4) is 0 Å². The maximum absolute atomic E-state index is 12.8. The Kier molecular flexibility index (Phi) is 6.07. The molecule has 2 aromatic rings. The van der Waals surface area contributed by atoms with Crippen molar-refractivity contribution in [2.45, 2.75) is 37.2 Å². The van der Waals surface area contributed by atoms with Gasteiger partial charge in [-0.2, -0.15) is 0 Å². The molecule has 0 unspecified atom stereocenters. The molecule has 1 amide bonds. The minimum absolute atomic E-state index is 0.0731. The third-order valence-corrected chi connectivity index (χ3v) is 4.72. The molecule has 2 rings (SSSR count). The molecule has 128 valence electrons. The number of carbonyl (C=O) groups is 1. The normalized spacial score (nSPS) is 12.4. The van der Waals surface area contributed by atoms with Crippen LogP contribution in [0, 0.1) is 0 Å². The number of aromatic nitrogens is 2. The zero-order valence-electron chi connectivity index (χ0n) is 13.9.